The Morgan fingerprint density at radius 1 is 1.05 bits per heavy atom. The smallest absolute Gasteiger partial charge is 0.331 e. The van der Waals surface area contributed by atoms with Crippen LogP contribution in [-0.4, -0.2) is 25.2 Å². The number of benzene rings is 2. The quantitative estimate of drug-likeness (QED) is 0.777. The molecule has 0 amide bonds. The maximum absolute atomic E-state index is 12.3. The van der Waals surface area contributed by atoms with E-state index in [-0.39, 0.29) is 5.97 Å². The van der Waals surface area contributed by atoms with Crippen LogP contribution in [-0.2, 0) is 9.53 Å². The maximum atomic E-state index is 12.3. The number of carbonyl (C=O) groups is 1. The number of esters is 1. The lowest BCUT2D eigenvalue weighted by Crippen LogP contribution is -2.49. The van der Waals surface area contributed by atoms with Gasteiger partial charge in [0.15, 0.2) is 0 Å². The molecule has 0 bridgehead atoms. The first-order valence-corrected chi connectivity index (χ1v) is 7.54. The molecule has 22 heavy (non-hydrogen) atoms. The lowest BCUT2D eigenvalue weighted by molar-refractivity contribution is -0.148. The van der Waals surface area contributed by atoms with E-state index in [1.54, 1.807) is 0 Å². The fraction of sp³-hybridized carbons (Fsp3) is 0.316. The van der Waals surface area contributed by atoms with Gasteiger partial charge in [-0.1, -0.05) is 48.5 Å². The van der Waals surface area contributed by atoms with Crippen molar-refractivity contribution in [2.75, 3.05) is 18.6 Å². The van der Waals surface area contributed by atoms with Crippen molar-refractivity contribution in [1.82, 2.24) is 0 Å². The van der Waals surface area contributed by atoms with E-state index in [1.165, 1.54) is 0 Å². The number of carbonyl (C=O) groups excluding carboxylic acids is 1. The first-order valence-electron chi connectivity index (χ1n) is 7.54. The van der Waals surface area contributed by atoms with Crippen LogP contribution in [0.3, 0.4) is 0 Å². The monoisotopic (exact) mass is 297 g/mol. The Kier molecular flexibility index (Phi) is 4.86. The lowest BCUT2D eigenvalue weighted by Gasteiger charge is -2.36. The summed E-state index contributed by atoms with van der Waals surface area (Å²) in [5.41, 5.74) is 2.50. The molecule has 3 nitrogen and oxygen atoms in total. The van der Waals surface area contributed by atoms with E-state index >= 15 is 0 Å². The minimum atomic E-state index is -0.735. The Balaban J connectivity index is 2.43. The van der Waals surface area contributed by atoms with Crippen molar-refractivity contribution in [3.63, 3.8) is 0 Å². The summed E-state index contributed by atoms with van der Waals surface area (Å²) in [6.07, 6.45) is 0. The highest BCUT2D eigenvalue weighted by Crippen LogP contribution is 2.33. The van der Waals surface area contributed by atoms with Gasteiger partial charge in [0.05, 0.1) is 6.61 Å². The molecule has 0 aliphatic rings. The van der Waals surface area contributed by atoms with Gasteiger partial charge < -0.3 is 9.64 Å². The lowest BCUT2D eigenvalue weighted by atomic mass is 9.98. The number of para-hydroxylation sites is 1. The average molecular weight is 297 g/mol. The van der Waals surface area contributed by atoms with Crippen LogP contribution in [0.15, 0.2) is 54.6 Å². The summed E-state index contributed by atoms with van der Waals surface area (Å²) in [5.74, 6) is -0.222. The molecular weight excluding hydrogens is 274 g/mol. The highest BCUT2D eigenvalue weighted by molar-refractivity contribution is 5.87. The second-order valence-electron chi connectivity index (χ2n) is 5.72. The van der Waals surface area contributed by atoms with Crippen molar-refractivity contribution in [1.29, 1.82) is 0 Å². The topological polar surface area (TPSA) is 29.5 Å². The van der Waals surface area contributed by atoms with Gasteiger partial charge >= 0.3 is 5.97 Å². The van der Waals surface area contributed by atoms with Gasteiger partial charge in [-0.15, -0.1) is 0 Å². The minimum Gasteiger partial charge on any atom is -0.464 e. The molecule has 0 fully saturated rings. The second kappa shape index (κ2) is 6.65. The van der Waals surface area contributed by atoms with Crippen LogP contribution < -0.4 is 4.90 Å². The van der Waals surface area contributed by atoms with E-state index in [4.69, 9.17) is 4.74 Å². The second-order valence-corrected chi connectivity index (χ2v) is 5.72. The number of anilines is 1. The molecule has 2 rings (SSSR count). The van der Waals surface area contributed by atoms with E-state index in [0.29, 0.717) is 6.61 Å². The Morgan fingerprint density at radius 2 is 1.64 bits per heavy atom. The standard InChI is InChI=1S/C19H23NO2/c1-5-22-18(21)19(2,3)20(4)17-14-10-9-13-16(17)15-11-7-6-8-12-15/h6-14H,5H2,1-4H3. The van der Waals surface area contributed by atoms with Crippen LogP contribution in [0.1, 0.15) is 20.8 Å². The van der Waals surface area contributed by atoms with Crippen molar-refractivity contribution in [3.05, 3.63) is 54.6 Å². The van der Waals surface area contributed by atoms with Crippen LogP contribution in [0.2, 0.25) is 0 Å². The van der Waals surface area contributed by atoms with Gasteiger partial charge in [0.2, 0.25) is 0 Å². The van der Waals surface area contributed by atoms with Gasteiger partial charge in [-0.25, -0.2) is 4.79 Å². The van der Waals surface area contributed by atoms with E-state index in [1.807, 2.05) is 69.1 Å². The zero-order valence-electron chi connectivity index (χ0n) is 13.7. The predicted octanol–water partition coefficient (Wildman–Crippen LogP) is 4.13. The maximum Gasteiger partial charge on any atom is 0.331 e. The highest BCUT2D eigenvalue weighted by atomic mass is 16.5. The zero-order valence-corrected chi connectivity index (χ0v) is 13.7. The van der Waals surface area contributed by atoms with Crippen molar-refractivity contribution in [2.24, 2.45) is 0 Å². The van der Waals surface area contributed by atoms with Crippen molar-refractivity contribution >= 4 is 11.7 Å². The molecule has 2 aromatic rings. The SMILES string of the molecule is CCOC(=O)C(C)(C)N(C)c1ccccc1-c1ccccc1. The number of hydrogen-bond donors (Lipinski definition) is 0. The Labute approximate surface area is 132 Å². The Bertz CT molecular complexity index is 635. The van der Waals surface area contributed by atoms with Gasteiger partial charge in [0.1, 0.15) is 5.54 Å². The summed E-state index contributed by atoms with van der Waals surface area (Å²) < 4.78 is 5.21. The fourth-order valence-corrected chi connectivity index (χ4v) is 2.37. The summed E-state index contributed by atoms with van der Waals surface area (Å²) in [5, 5.41) is 0. The molecule has 0 heterocycles. The number of likely N-dealkylation sites (N-methyl/N-ethyl adjacent to an activating group) is 1. The normalized spacial score (nSPS) is 11.1. The van der Waals surface area contributed by atoms with Crippen LogP contribution in [0.5, 0.6) is 0 Å². The third kappa shape index (κ3) is 3.14. The summed E-state index contributed by atoms with van der Waals surface area (Å²) in [7, 11) is 1.93. The van der Waals surface area contributed by atoms with Gasteiger partial charge in [-0.3, -0.25) is 0 Å². The van der Waals surface area contributed by atoms with Crippen LogP contribution in [0, 0.1) is 0 Å². The third-order valence-electron chi connectivity index (χ3n) is 3.96. The van der Waals surface area contributed by atoms with Crippen LogP contribution in [0.25, 0.3) is 11.1 Å². The van der Waals surface area contributed by atoms with E-state index in [2.05, 4.69) is 18.2 Å². The average Bonchev–Trinajstić information content (AvgIpc) is 2.55. The molecule has 0 saturated heterocycles. The molecule has 0 aliphatic heterocycles. The van der Waals surface area contributed by atoms with Gasteiger partial charge in [0.25, 0.3) is 0 Å². The highest BCUT2D eigenvalue weighted by Gasteiger charge is 2.34. The molecule has 0 aromatic heterocycles. The molecule has 0 atom stereocenters. The predicted molar refractivity (Wildman–Crippen MR) is 91.0 cm³/mol. The first-order chi connectivity index (χ1) is 10.5. The zero-order chi connectivity index (χ0) is 16.2. The van der Waals surface area contributed by atoms with Crippen molar-refractivity contribution in [3.8, 4) is 11.1 Å². The van der Waals surface area contributed by atoms with Crippen LogP contribution >= 0.6 is 0 Å². The molecule has 116 valence electrons. The Hall–Kier alpha value is -2.29. The number of ether oxygens (including phenoxy) is 1. The first kappa shape index (κ1) is 16.1. The van der Waals surface area contributed by atoms with E-state index in [9.17, 15) is 4.79 Å². The Morgan fingerprint density at radius 3 is 2.27 bits per heavy atom. The summed E-state index contributed by atoms with van der Waals surface area (Å²) >= 11 is 0. The molecule has 0 radical (unpaired) electrons. The summed E-state index contributed by atoms with van der Waals surface area (Å²) in [4.78, 5) is 14.2. The molecule has 0 aliphatic carbocycles. The van der Waals surface area contributed by atoms with Crippen molar-refractivity contribution in [2.45, 2.75) is 26.3 Å². The number of hydrogen-bond acceptors (Lipinski definition) is 3. The van der Waals surface area contributed by atoms with Gasteiger partial charge in [-0.05, 0) is 32.4 Å². The van der Waals surface area contributed by atoms with E-state index < -0.39 is 5.54 Å². The third-order valence-corrected chi connectivity index (χ3v) is 3.96. The molecule has 0 spiro atoms. The molecule has 3 heteroatoms. The molecule has 0 N–H and O–H groups in total. The molecule has 2 aromatic carbocycles. The summed E-state index contributed by atoms with van der Waals surface area (Å²) in [6.45, 7) is 5.97. The van der Waals surface area contributed by atoms with E-state index in [0.717, 1.165) is 16.8 Å². The largest absolute Gasteiger partial charge is 0.464 e. The minimum absolute atomic E-state index is 0.222. The number of nitrogens with zero attached hydrogens (tertiary/aromatic N) is 1. The van der Waals surface area contributed by atoms with Gasteiger partial charge in [-0.2, -0.15) is 0 Å². The van der Waals surface area contributed by atoms with Gasteiger partial charge in [0, 0.05) is 18.3 Å². The van der Waals surface area contributed by atoms with Crippen molar-refractivity contribution < 1.29 is 9.53 Å². The number of rotatable bonds is 5. The molecule has 0 saturated carbocycles. The molecule has 0 unspecified atom stereocenters. The molecular formula is C19H23NO2. The fourth-order valence-electron chi connectivity index (χ4n) is 2.37. The van der Waals surface area contributed by atoms with Crippen LogP contribution in [0.4, 0.5) is 5.69 Å². The summed E-state index contributed by atoms with van der Waals surface area (Å²) in [6, 6.07) is 18.3.